The number of esters is 1. The Hall–Kier alpha value is -3.72. The van der Waals surface area contributed by atoms with Gasteiger partial charge in [0.05, 0.1) is 17.1 Å². The van der Waals surface area contributed by atoms with Crippen molar-refractivity contribution < 1.29 is 14.3 Å². The molecule has 0 radical (unpaired) electrons. The van der Waals surface area contributed by atoms with Gasteiger partial charge in [-0.25, -0.2) is 4.79 Å². The molecule has 1 aromatic heterocycles. The average molecular weight is 413 g/mol. The third-order valence-corrected chi connectivity index (χ3v) is 5.55. The minimum absolute atomic E-state index is 0.118. The van der Waals surface area contributed by atoms with Gasteiger partial charge in [-0.1, -0.05) is 29.8 Å². The van der Waals surface area contributed by atoms with Gasteiger partial charge >= 0.3 is 5.97 Å². The quantitative estimate of drug-likeness (QED) is 0.464. The first kappa shape index (κ1) is 20.5. The smallest absolute Gasteiger partial charge is 0.339 e. The number of rotatable bonds is 5. The molecule has 6 heteroatoms. The Balaban J connectivity index is 1.62. The summed E-state index contributed by atoms with van der Waals surface area (Å²) < 4.78 is 5.49. The lowest BCUT2D eigenvalue weighted by Gasteiger charge is -2.21. The van der Waals surface area contributed by atoms with Crippen LogP contribution in [0, 0.1) is 18.3 Å². The number of anilines is 1. The fraction of sp³-hybridized carbons (Fsp3) is 0.280. The lowest BCUT2D eigenvalue weighted by Crippen LogP contribution is -2.35. The molecule has 1 heterocycles. The summed E-state index contributed by atoms with van der Waals surface area (Å²) in [6.45, 7) is 1.42. The molecule has 1 amide bonds. The van der Waals surface area contributed by atoms with Crippen molar-refractivity contribution in [2.24, 2.45) is 0 Å². The highest BCUT2D eigenvalue weighted by atomic mass is 16.5. The maximum atomic E-state index is 13.2. The number of hydrogen-bond donors (Lipinski definition) is 0. The number of aryl methyl sites for hydroxylation is 2. The molecular weight excluding hydrogens is 390 g/mol. The highest BCUT2D eigenvalue weighted by Crippen LogP contribution is 2.30. The van der Waals surface area contributed by atoms with Crippen LogP contribution >= 0.6 is 0 Å². The van der Waals surface area contributed by atoms with Gasteiger partial charge in [-0.05, 0) is 62.4 Å². The molecule has 156 valence electrons. The van der Waals surface area contributed by atoms with Crippen molar-refractivity contribution in [2.45, 2.75) is 32.6 Å². The van der Waals surface area contributed by atoms with E-state index in [0.29, 0.717) is 11.3 Å². The largest absolute Gasteiger partial charge is 0.452 e. The van der Waals surface area contributed by atoms with E-state index in [1.165, 1.54) is 4.90 Å². The zero-order valence-electron chi connectivity index (χ0n) is 17.4. The molecule has 1 aliphatic rings. The minimum atomic E-state index is -0.519. The van der Waals surface area contributed by atoms with Crippen LogP contribution in [0.25, 0.3) is 10.9 Å². The summed E-state index contributed by atoms with van der Waals surface area (Å²) >= 11 is 0. The van der Waals surface area contributed by atoms with Crippen molar-refractivity contribution in [2.75, 3.05) is 18.1 Å². The highest BCUT2D eigenvalue weighted by molar-refractivity contribution is 6.06. The van der Waals surface area contributed by atoms with E-state index < -0.39 is 18.5 Å². The molecule has 6 nitrogen and oxygen atoms in total. The Bertz CT molecular complexity index is 1180. The number of pyridine rings is 1. The zero-order valence-corrected chi connectivity index (χ0v) is 17.4. The number of nitriles is 1. The third-order valence-electron chi connectivity index (χ3n) is 5.55. The maximum absolute atomic E-state index is 13.2. The van der Waals surface area contributed by atoms with Crippen molar-refractivity contribution in [3.8, 4) is 6.07 Å². The first-order chi connectivity index (χ1) is 15.1. The second-order valence-corrected chi connectivity index (χ2v) is 7.69. The van der Waals surface area contributed by atoms with Gasteiger partial charge in [0, 0.05) is 16.8 Å². The van der Waals surface area contributed by atoms with Crippen molar-refractivity contribution in [3.63, 3.8) is 0 Å². The van der Waals surface area contributed by atoms with Crippen LogP contribution in [0.4, 0.5) is 5.69 Å². The number of para-hydroxylation sites is 1. The Morgan fingerprint density at radius 3 is 2.68 bits per heavy atom. The number of nitrogens with zero attached hydrogens (tertiary/aromatic N) is 3. The highest BCUT2D eigenvalue weighted by Gasteiger charge is 2.25. The van der Waals surface area contributed by atoms with Crippen molar-refractivity contribution in [3.05, 3.63) is 70.9 Å². The molecule has 1 aliphatic carbocycles. The van der Waals surface area contributed by atoms with Crippen molar-refractivity contribution in [1.82, 2.24) is 4.98 Å². The summed E-state index contributed by atoms with van der Waals surface area (Å²) in [5.41, 5.74) is 4.77. The van der Waals surface area contributed by atoms with Gasteiger partial charge in [0.25, 0.3) is 5.91 Å². The van der Waals surface area contributed by atoms with Crippen LogP contribution in [-0.2, 0) is 22.4 Å². The van der Waals surface area contributed by atoms with E-state index in [1.54, 1.807) is 24.3 Å². The first-order valence-electron chi connectivity index (χ1n) is 10.4. The second-order valence-electron chi connectivity index (χ2n) is 7.69. The monoisotopic (exact) mass is 413 g/mol. The number of carbonyl (C=O) groups is 2. The van der Waals surface area contributed by atoms with Crippen LogP contribution in [0.1, 0.15) is 40.0 Å². The van der Waals surface area contributed by atoms with Gasteiger partial charge in [0.15, 0.2) is 6.61 Å². The fourth-order valence-electron chi connectivity index (χ4n) is 4.05. The number of carbonyl (C=O) groups excluding carboxylic acids is 2. The van der Waals surface area contributed by atoms with E-state index in [1.807, 2.05) is 37.3 Å². The van der Waals surface area contributed by atoms with E-state index in [9.17, 15) is 9.59 Å². The van der Waals surface area contributed by atoms with E-state index in [2.05, 4.69) is 0 Å². The number of fused-ring (bicyclic) bond motifs is 2. The predicted molar refractivity (Wildman–Crippen MR) is 118 cm³/mol. The van der Waals surface area contributed by atoms with Crippen LogP contribution in [0.15, 0.2) is 48.5 Å². The molecule has 0 aliphatic heterocycles. The molecule has 0 unspecified atom stereocenters. The Morgan fingerprint density at radius 1 is 1.13 bits per heavy atom. The molecule has 31 heavy (non-hydrogen) atoms. The number of hydrogen-bond acceptors (Lipinski definition) is 5. The summed E-state index contributed by atoms with van der Waals surface area (Å²) in [7, 11) is 0. The third kappa shape index (κ3) is 4.26. The molecule has 4 rings (SSSR count). The molecule has 0 atom stereocenters. The summed E-state index contributed by atoms with van der Waals surface area (Å²) in [6.07, 6.45) is 3.65. The molecule has 0 spiro atoms. The predicted octanol–water partition coefficient (Wildman–Crippen LogP) is 4.14. The molecule has 0 N–H and O–H groups in total. The van der Waals surface area contributed by atoms with Crippen LogP contribution in [-0.4, -0.2) is 30.0 Å². The van der Waals surface area contributed by atoms with Crippen molar-refractivity contribution in [1.29, 1.82) is 5.26 Å². The molecule has 3 aromatic rings. The van der Waals surface area contributed by atoms with Gasteiger partial charge < -0.3 is 4.74 Å². The molecule has 0 bridgehead atoms. The van der Waals surface area contributed by atoms with Gasteiger partial charge in [0.2, 0.25) is 0 Å². The first-order valence-corrected chi connectivity index (χ1v) is 10.4. The molecule has 0 fully saturated rings. The Kier molecular flexibility index (Phi) is 5.94. The van der Waals surface area contributed by atoms with Crippen LogP contribution in [0.2, 0.25) is 0 Å². The van der Waals surface area contributed by atoms with Gasteiger partial charge in [-0.2, -0.15) is 5.26 Å². The summed E-state index contributed by atoms with van der Waals surface area (Å²) in [5.74, 6) is -0.959. The fourth-order valence-corrected chi connectivity index (χ4v) is 4.05. The second kappa shape index (κ2) is 8.97. The molecule has 0 saturated carbocycles. The molecule has 2 aromatic carbocycles. The summed E-state index contributed by atoms with van der Waals surface area (Å²) in [4.78, 5) is 32.0. The summed E-state index contributed by atoms with van der Waals surface area (Å²) in [5, 5.41) is 9.88. The van der Waals surface area contributed by atoms with E-state index in [0.717, 1.165) is 53.4 Å². The topological polar surface area (TPSA) is 83.3 Å². The van der Waals surface area contributed by atoms with Crippen LogP contribution in [0.3, 0.4) is 0 Å². The summed E-state index contributed by atoms with van der Waals surface area (Å²) in [6, 6.07) is 16.7. The van der Waals surface area contributed by atoms with Gasteiger partial charge in [0.1, 0.15) is 6.54 Å². The van der Waals surface area contributed by atoms with E-state index >= 15 is 0 Å². The number of ether oxygens (including phenoxy) is 1. The zero-order chi connectivity index (χ0) is 21.8. The van der Waals surface area contributed by atoms with Crippen LogP contribution < -0.4 is 4.90 Å². The lowest BCUT2D eigenvalue weighted by molar-refractivity contribution is -0.121. The maximum Gasteiger partial charge on any atom is 0.339 e. The van der Waals surface area contributed by atoms with Crippen molar-refractivity contribution >= 4 is 28.5 Å². The molecular formula is C25H23N3O3. The standard InChI is InChI=1S/C25H23N3O3/c1-17-11-12-22-20(15-17)24(19-9-5-6-10-21(19)27-22)25(30)31-16-23(29)28(14-13-26)18-7-3-2-4-8-18/h2-4,7-8,11-12,15H,5-6,9-10,14,16H2,1H3. The average Bonchev–Trinajstić information content (AvgIpc) is 2.80. The minimum Gasteiger partial charge on any atom is -0.452 e. The molecule has 0 saturated heterocycles. The van der Waals surface area contributed by atoms with Gasteiger partial charge in [-0.3, -0.25) is 14.7 Å². The van der Waals surface area contributed by atoms with E-state index in [-0.39, 0.29) is 6.54 Å². The Labute approximate surface area is 181 Å². The number of aromatic nitrogens is 1. The Morgan fingerprint density at radius 2 is 1.90 bits per heavy atom. The number of amides is 1. The lowest BCUT2D eigenvalue weighted by atomic mass is 9.89. The van der Waals surface area contributed by atoms with E-state index in [4.69, 9.17) is 15.0 Å². The normalized spacial score (nSPS) is 12.6. The SMILES string of the molecule is Cc1ccc2nc3c(c(C(=O)OCC(=O)N(CC#N)c4ccccc4)c2c1)CCCC3. The van der Waals surface area contributed by atoms with Crippen LogP contribution in [0.5, 0.6) is 0 Å². The van der Waals surface area contributed by atoms with Gasteiger partial charge in [-0.15, -0.1) is 0 Å². The number of benzene rings is 2.